The molecule has 0 spiro atoms. The molecular weight excluding hydrogens is 304 g/mol. The van der Waals surface area contributed by atoms with Gasteiger partial charge in [-0.1, -0.05) is 12.1 Å². The van der Waals surface area contributed by atoms with Gasteiger partial charge in [0, 0.05) is 12.6 Å². The van der Waals surface area contributed by atoms with Gasteiger partial charge < -0.3 is 9.32 Å². The maximum atomic E-state index is 12.4. The van der Waals surface area contributed by atoms with Crippen LogP contribution in [-0.2, 0) is 10.0 Å². The molecule has 2 aromatic rings. The van der Waals surface area contributed by atoms with Gasteiger partial charge in [-0.3, -0.25) is 4.79 Å². The van der Waals surface area contributed by atoms with Crippen LogP contribution >= 0.6 is 0 Å². The van der Waals surface area contributed by atoms with E-state index in [1.165, 1.54) is 23.3 Å². The summed E-state index contributed by atoms with van der Waals surface area (Å²) < 4.78 is 27.7. The lowest BCUT2D eigenvalue weighted by Crippen LogP contribution is -2.29. The first kappa shape index (κ1) is 16.3. The van der Waals surface area contributed by atoms with Crippen LogP contribution in [0.2, 0.25) is 0 Å². The van der Waals surface area contributed by atoms with Gasteiger partial charge in [0.25, 0.3) is 5.91 Å². The number of aryl methyl sites for hydroxylation is 1. The number of amides is 1. The Kier molecular flexibility index (Phi) is 4.39. The molecule has 0 aliphatic heterocycles. The van der Waals surface area contributed by atoms with Crippen LogP contribution in [0.25, 0.3) is 0 Å². The Balaban J connectivity index is 2.22. The van der Waals surface area contributed by atoms with Crippen molar-refractivity contribution in [1.82, 2.24) is 4.90 Å². The predicted molar refractivity (Wildman–Crippen MR) is 81.8 cm³/mol. The highest BCUT2D eigenvalue weighted by atomic mass is 32.2. The highest BCUT2D eigenvalue weighted by Gasteiger charge is 2.23. The normalized spacial score (nSPS) is 12.9. The van der Waals surface area contributed by atoms with Gasteiger partial charge in [0.2, 0.25) is 10.0 Å². The lowest BCUT2D eigenvalue weighted by Gasteiger charge is -2.24. The van der Waals surface area contributed by atoms with Gasteiger partial charge in [0.15, 0.2) is 5.76 Å². The fourth-order valence-corrected chi connectivity index (χ4v) is 2.60. The van der Waals surface area contributed by atoms with Gasteiger partial charge in [-0.15, -0.1) is 0 Å². The van der Waals surface area contributed by atoms with Crippen LogP contribution in [0.4, 0.5) is 0 Å². The summed E-state index contributed by atoms with van der Waals surface area (Å²) in [7, 11) is -2.05. The van der Waals surface area contributed by atoms with Crippen molar-refractivity contribution in [3.8, 4) is 0 Å². The van der Waals surface area contributed by atoms with Crippen molar-refractivity contribution in [2.24, 2.45) is 5.14 Å². The Labute approximate surface area is 129 Å². The Bertz CT molecular complexity index is 778. The molecule has 0 saturated heterocycles. The summed E-state index contributed by atoms with van der Waals surface area (Å²) in [5.74, 6) is 0.0704. The minimum absolute atomic E-state index is 0.0410. The third-order valence-corrected chi connectivity index (χ3v) is 4.58. The molecule has 1 atom stereocenters. The zero-order valence-electron chi connectivity index (χ0n) is 12.6. The molecule has 1 amide bonds. The quantitative estimate of drug-likeness (QED) is 0.932. The van der Waals surface area contributed by atoms with Crippen molar-refractivity contribution in [3.63, 3.8) is 0 Å². The first-order valence-electron chi connectivity index (χ1n) is 6.66. The van der Waals surface area contributed by atoms with E-state index in [1.54, 1.807) is 32.2 Å². The lowest BCUT2D eigenvalue weighted by molar-refractivity contribution is 0.0709. The van der Waals surface area contributed by atoms with Gasteiger partial charge in [-0.05, 0) is 37.6 Å². The zero-order valence-corrected chi connectivity index (χ0v) is 13.4. The molecule has 0 radical (unpaired) electrons. The van der Waals surface area contributed by atoms with E-state index in [0.717, 1.165) is 11.1 Å². The molecule has 0 bridgehead atoms. The lowest BCUT2D eigenvalue weighted by atomic mass is 10.1. The number of furan rings is 1. The van der Waals surface area contributed by atoms with Crippen LogP contribution in [0.1, 0.15) is 34.6 Å². The molecular formula is C15H18N2O4S. The van der Waals surface area contributed by atoms with Gasteiger partial charge in [0.05, 0.1) is 17.2 Å². The molecule has 0 aliphatic carbocycles. The number of hydrogen-bond acceptors (Lipinski definition) is 4. The van der Waals surface area contributed by atoms with Crippen molar-refractivity contribution in [1.29, 1.82) is 0 Å². The molecule has 7 heteroatoms. The summed E-state index contributed by atoms with van der Waals surface area (Å²) in [5, 5.41) is 5.07. The van der Waals surface area contributed by atoms with Gasteiger partial charge in [0.1, 0.15) is 0 Å². The van der Waals surface area contributed by atoms with E-state index in [4.69, 9.17) is 9.56 Å². The smallest absolute Gasteiger partial charge is 0.290 e. The second kappa shape index (κ2) is 5.94. The van der Waals surface area contributed by atoms with Crippen molar-refractivity contribution in [3.05, 3.63) is 53.5 Å². The summed E-state index contributed by atoms with van der Waals surface area (Å²) in [6.07, 6.45) is 1.47. The summed E-state index contributed by atoms with van der Waals surface area (Å²) in [5.41, 5.74) is 1.57. The van der Waals surface area contributed by atoms with Crippen molar-refractivity contribution >= 4 is 15.9 Å². The molecule has 0 fully saturated rings. The molecule has 22 heavy (non-hydrogen) atoms. The van der Waals surface area contributed by atoms with E-state index in [9.17, 15) is 13.2 Å². The Morgan fingerprint density at radius 2 is 1.82 bits per heavy atom. The second-order valence-electron chi connectivity index (χ2n) is 5.14. The third kappa shape index (κ3) is 3.20. The van der Waals surface area contributed by atoms with Crippen LogP contribution in [-0.4, -0.2) is 26.3 Å². The van der Waals surface area contributed by atoms with E-state index in [-0.39, 0.29) is 16.8 Å². The van der Waals surface area contributed by atoms with E-state index in [0.29, 0.717) is 5.76 Å². The maximum absolute atomic E-state index is 12.4. The Morgan fingerprint density at radius 3 is 2.27 bits per heavy atom. The van der Waals surface area contributed by atoms with Crippen LogP contribution in [0.5, 0.6) is 0 Å². The van der Waals surface area contributed by atoms with Crippen molar-refractivity contribution in [2.45, 2.75) is 24.8 Å². The largest absolute Gasteiger partial charge is 0.459 e. The Morgan fingerprint density at radius 1 is 1.23 bits per heavy atom. The summed E-state index contributed by atoms with van der Waals surface area (Å²) in [6, 6.07) is 7.63. The summed E-state index contributed by atoms with van der Waals surface area (Å²) in [6.45, 7) is 3.65. The van der Waals surface area contributed by atoms with Crippen LogP contribution in [0.3, 0.4) is 0 Å². The molecule has 118 valence electrons. The van der Waals surface area contributed by atoms with Crippen LogP contribution in [0, 0.1) is 6.92 Å². The monoisotopic (exact) mass is 322 g/mol. The van der Waals surface area contributed by atoms with Gasteiger partial charge in [-0.2, -0.15) is 0 Å². The standard InChI is InChI=1S/C15H18N2O4S/c1-10-8-9-21-14(10)15(18)17(3)11(2)12-4-6-13(7-5-12)22(16,19)20/h4-9,11H,1-3H3,(H2,16,19,20)/t11-/m0/s1. The average Bonchev–Trinajstić information content (AvgIpc) is 2.90. The molecule has 6 nitrogen and oxygen atoms in total. The second-order valence-corrected chi connectivity index (χ2v) is 6.70. The van der Waals surface area contributed by atoms with E-state index < -0.39 is 10.0 Å². The predicted octanol–water partition coefficient (Wildman–Crippen LogP) is 2.07. The average molecular weight is 322 g/mol. The Hall–Kier alpha value is -2.12. The first-order chi connectivity index (χ1) is 10.2. The molecule has 2 N–H and O–H groups in total. The van der Waals surface area contributed by atoms with Crippen LogP contribution < -0.4 is 5.14 Å². The van der Waals surface area contributed by atoms with E-state index in [1.807, 2.05) is 6.92 Å². The number of benzene rings is 1. The third-order valence-electron chi connectivity index (χ3n) is 3.65. The number of hydrogen-bond donors (Lipinski definition) is 1. The fourth-order valence-electron chi connectivity index (χ4n) is 2.09. The molecule has 0 saturated carbocycles. The number of sulfonamides is 1. The summed E-state index contributed by atoms with van der Waals surface area (Å²) in [4.78, 5) is 14.0. The molecule has 1 aromatic heterocycles. The molecule has 2 rings (SSSR count). The van der Waals surface area contributed by atoms with Crippen molar-refractivity contribution in [2.75, 3.05) is 7.05 Å². The number of nitrogens with two attached hydrogens (primary N) is 1. The van der Waals surface area contributed by atoms with Crippen molar-refractivity contribution < 1.29 is 17.6 Å². The van der Waals surface area contributed by atoms with Crippen LogP contribution in [0.15, 0.2) is 45.9 Å². The highest BCUT2D eigenvalue weighted by molar-refractivity contribution is 7.89. The van der Waals surface area contributed by atoms with Gasteiger partial charge in [-0.25, -0.2) is 13.6 Å². The molecule has 0 aliphatic rings. The molecule has 1 aromatic carbocycles. The van der Waals surface area contributed by atoms with E-state index in [2.05, 4.69) is 0 Å². The first-order valence-corrected chi connectivity index (χ1v) is 8.20. The zero-order chi connectivity index (χ0) is 16.5. The minimum atomic E-state index is -3.72. The molecule has 0 unspecified atom stereocenters. The number of carbonyl (C=O) groups is 1. The minimum Gasteiger partial charge on any atom is -0.459 e. The fraction of sp³-hybridized carbons (Fsp3) is 0.267. The topological polar surface area (TPSA) is 93.6 Å². The number of primary sulfonamides is 1. The number of carbonyl (C=O) groups excluding carboxylic acids is 1. The number of rotatable bonds is 4. The SMILES string of the molecule is Cc1ccoc1C(=O)N(C)[C@@H](C)c1ccc(S(N)(=O)=O)cc1. The van der Waals surface area contributed by atoms with E-state index >= 15 is 0 Å². The molecule has 1 heterocycles. The highest BCUT2D eigenvalue weighted by Crippen LogP contribution is 2.23. The maximum Gasteiger partial charge on any atom is 0.290 e. The number of nitrogens with zero attached hydrogens (tertiary/aromatic N) is 1. The summed E-state index contributed by atoms with van der Waals surface area (Å²) >= 11 is 0. The van der Waals surface area contributed by atoms with Gasteiger partial charge >= 0.3 is 0 Å².